The summed E-state index contributed by atoms with van der Waals surface area (Å²) in [5, 5.41) is 2.88. The van der Waals surface area contributed by atoms with E-state index in [1.165, 1.54) is 48.5 Å². The number of hydrogen-bond donors (Lipinski definition) is 2. The summed E-state index contributed by atoms with van der Waals surface area (Å²) in [5.41, 5.74) is 6.41. The number of carbonyl (C=O) groups excluding carboxylic acids is 1. The Morgan fingerprint density at radius 1 is 0.947 bits per heavy atom. The van der Waals surface area contributed by atoms with Gasteiger partial charge in [0.2, 0.25) is 5.91 Å². The maximum absolute atomic E-state index is 12.8. The molecule has 19 heavy (non-hydrogen) atoms. The lowest BCUT2D eigenvalue weighted by Gasteiger charge is -2.17. The van der Waals surface area contributed by atoms with Gasteiger partial charge in [-0.15, -0.1) is 0 Å². The summed E-state index contributed by atoms with van der Waals surface area (Å²) in [7, 11) is 0. The second-order valence-electron chi connectivity index (χ2n) is 4.04. The Hall–Kier alpha value is -2.43. The SMILES string of the molecule is NC(=O)C(Nc1ccc(F)cc1)c1ccc(F)cc1. The average molecular weight is 262 g/mol. The molecule has 0 spiro atoms. The molecule has 0 saturated carbocycles. The van der Waals surface area contributed by atoms with E-state index >= 15 is 0 Å². The summed E-state index contributed by atoms with van der Waals surface area (Å²) in [6, 6.07) is 10.2. The molecule has 2 rings (SSSR count). The molecule has 3 N–H and O–H groups in total. The van der Waals surface area contributed by atoms with E-state index in [4.69, 9.17) is 5.73 Å². The molecule has 1 amide bonds. The Balaban J connectivity index is 2.23. The van der Waals surface area contributed by atoms with Crippen LogP contribution in [0.15, 0.2) is 48.5 Å². The van der Waals surface area contributed by atoms with E-state index < -0.39 is 17.8 Å². The van der Waals surface area contributed by atoms with Crippen molar-refractivity contribution in [3.63, 3.8) is 0 Å². The number of rotatable bonds is 4. The van der Waals surface area contributed by atoms with E-state index in [9.17, 15) is 13.6 Å². The Morgan fingerprint density at radius 3 is 1.89 bits per heavy atom. The summed E-state index contributed by atoms with van der Waals surface area (Å²) < 4.78 is 25.6. The maximum Gasteiger partial charge on any atom is 0.244 e. The van der Waals surface area contributed by atoms with E-state index in [1.54, 1.807) is 0 Å². The number of anilines is 1. The predicted octanol–water partition coefficient (Wildman–Crippen LogP) is 2.60. The molecule has 2 aromatic rings. The number of amides is 1. The second kappa shape index (κ2) is 5.48. The Bertz CT molecular complexity index is 567. The van der Waals surface area contributed by atoms with Crippen LogP contribution in [-0.2, 0) is 4.79 Å². The monoisotopic (exact) mass is 262 g/mol. The Morgan fingerprint density at radius 2 is 1.42 bits per heavy atom. The second-order valence-corrected chi connectivity index (χ2v) is 4.04. The van der Waals surface area contributed by atoms with Gasteiger partial charge in [0.1, 0.15) is 17.7 Å². The fourth-order valence-electron chi connectivity index (χ4n) is 1.69. The topological polar surface area (TPSA) is 55.1 Å². The van der Waals surface area contributed by atoms with Gasteiger partial charge in [0.15, 0.2) is 0 Å². The van der Waals surface area contributed by atoms with Crippen LogP contribution in [0, 0.1) is 11.6 Å². The molecule has 0 aliphatic rings. The van der Waals surface area contributed by atoms with Crippen molar-refractivity contribution in [1.82, 2.24) is 0 Å². The summed E-state index contributed by atoms with van der Waals surface area (Å²) in [6.45, 7) is 0. The first-order valence-electron chi connectivity index (χ1n) is 5.63. The van der Waals surface area contributed by atoms with Gasteiger partial charge in [0.05, 0.1) is 0 Å². The third-order valence-corrected chi connectivity index (χ3v) is 2.64. The summed E-state index contributed by atoms with van der Waals surface area (Å²) in [4.78, 5) is 11.4. The first kappa shape index (κ1) is 13.0. The summed E-state index contributed by atoms with van der Waals surface area (Å²) in [5.74, 6) is -1.37. The molecule has 98 valence electrons. The number of halogens is 2. The van der Waals surface area contributed by atoms with E-state index in [0.717, 1.165) is 0 Å². The zero-order valence-corrected chi connectivity index (χ0v) is 9.94. The van der Waals surface area contributed by atoms with Crippen molar-refractivity contribution in [2.45, 2.75) is 6.04 Å². The van der Waals surface area contributed by atoms with Crippen LogP contribution in [0.2, 0.25) is 0 Å². The van der Waals surface area contributed by atoms with Gasteiger partial charge in [-0.3, -0.25) is 4.79 Å². The lowest BCUT2D eigenvalue weighted by molar-refractivity contribution is -0.118. The van der Waals surface area contributed by atoms with Crippen molar-refractivity contribution >= 4 is 11.6 Å². The largest absolute Gasteiger partial charge is 0.370 e. The van der Waals surface area contributed by atoms with Crippen LogP contribution < -0.4 is 11.1 Å². The molecule has 1 atom stereocenters. The van der Waals surface area contributed by atoms with Gasteiger partial charge in [-0.05, 0) is 42.0 Å². The minimum absolute atomic E-state index is 0.372. The molecule has 0 radical (unpaired) electrons. The quantitative estimate of drug-likeness (QED) is 0.889. The molecular formula is C14H12F2N2O. The highest BCUT2D eigenvalue weighted by Gasteiger charge is 2.17. The Labute approximate surface area is 109 Å². The fraction of sp³-hybridized carbons (Fsp3) is 0.0714. The van der Waals surface area contributed by atoms with E-state index in [-0.39, 0.29) is 5.82 Å². The van der Waals surface area contributed by atoms with Gasteiger partial charge in [0.25, 0.3) is 0 Å². The average Bonchev–Trinajstić information content (AvgIpc) is 2.39. The van der Waals surface area contributed by atoms with Crippen LogP contribution in [0.3, 0.4) is 0 Å². The first-order chi connectivity index (χ1) is 9.06. The van der Waals surface area contributed by atoms with Crippen molar-refractivity contribution < 1.29 is 13.6 Å². The van der Waals surface area contributed by atoms with Crippen molar-refractivity contribution in [3.8, 4) is 0 Å². The van der Waals surface area contributed by atoms with E-state index in [2.05, 4.69) is 5.32 Å². The zero-order chi connectivity index (χ0) is 13.8. The molecule has 0 aliphatic carbocycles. The molecule has 0 aliphatic heterocycles. The molecule has 3 nitrogen and oxygen atoms in total. The third kappa shape index (κ3) is 3.28. The van der Waals surface area contributed by atoms with Crippen LogP contribution >= 0.6 is 0 Å². The number of nitrogens with two attached hydrogens (primary N) is 1. The standard InChI is InChI=1S/C14H12F2N2O/c15-10-3-1-9(2-4-10)13(14(17)19)18-12-7-5-11(16)6-8-12/h1-8,13,18H,(H2,17,19). The Kier molecular flexibility index (Phi) is 3.75. The number of benzene rings is 2. The lowest BCUT2D eigenvalue weighted by Crippen LogP contribution is -2.27. The van der Waals surface area contributed by atoms with Gasteiger partial charge < -0.3 is 11.1 Å². The maximum atomic E-state index is 12.8. The van der Waals surface area contributed by atoms with Gasteiger partial charge in [0, 0.05) is 5.69 Å². The van der Waals surface area contributed by atoms with Gasteiger partial charge in [-0.25, -0.2) is 8.78 Å². The van der Waals surface area contributed by atoms with Gasteiger partial charge in [-0.1, -0.05) is 12.1 Å². The van der Waals surface area contributed by atoms with Crippen molar-refractivity contribution in [2.24, 2.45) is 5.73 Å². The molecule has 0 aromatic heterocycles. The van der Waals surface area contributed by atoms with Crippen LogP contribution in [0.1, 0.15) is 11.6 Å². The normalized spacial score (nSPS) is 11.9. The minimum Gasteiger partial charge on any atom is -0.370 e. The lowest BCUT2D eigenvalue weighted by atomic mass is 10.1. The summed E-state index contributed by atoms with van der Waals surface area (Å²) in [6.07, 6.45) is 0. The highest BCUT2D eigenvalue weighted by molar-refractivity contribution is 5.84. The molecule has 0 bridgehead atoms. The molecular weight excluding hydrogens is 250 g/mol. The smallest absolute Gasteiger partial charge is 0.244 e. The minimum atomic E-state index is -0.800. The number of hydrogen-bond acceptors (Lipinski definition) is 2. The van der Waals surface area contributed by atoms with Gasteiger partial charge in [-0.2, -0.15) is 0 Å². The molecule has 0 fully saturated rings. The predicted molar refractivity (Wildman–Crippen MR) is 68.4 cm³/mol. The van der Waals surface area contributed by atoms with E-state index in [0.29, 0.717) is 11.3 Å². The molecule has 0 heterocycles. The number of carbonyl (C=O) groups is 1. The molecule has 1 unspecified atom stereocenters. The first-order valence-corrected chi connectivity index (χ1v) is 5.63. The van der Waals surface area contributed by atoms with Crippen LogP contribution in [0.5, 0.6) is 0 Å². The highest BCUT2D eigenvalue weighted by Crippen LogP contribution is 2.20. The highest BCUT2D eigenvalue weighted by atomic mass is 19.1. The molecule has 2 aromatic carbocycles. The van der Waals surface area contributed by atoms with Crippen LogP contribution in [-0.4, -0.2) is 5.91 Å². The van der Waals surface area contributed by atoms with Crippen molar-refractivity contribution in [1.29, 1.82) is 0 Å². The zero-order valence-electron chi connectivity index (χ0n) is 9.94. The van der Waals surface area contributed by atoms with Crippen molar-refractivity contribution in [3.05, 3.63) is 65.7 Å². The number of nitrogens with one attached hydrogen (secondary N) is 1. The van der Waals surface area contributed by atoms with Gasteiger partial charge >= 0.3 is 0 Å². The van der Waals surface area contributed by atoms with Crippen molar-refractivity contribution in [2.75, 3.05) is 5.32 Å². The van der Waals surface area contributed by atoms with E-state index in [1.807, 2.05) is 0 Å². The summed E-state index contributed by atoms with van der Waals surface area (Å²) >= 11 is 0. The molecule has 0 saturated heterocycles. The molecule has 5 heteroatoms. The number of primary amides is 1. The van der Waals surface area contributed by atoms with Crippen LogP contribution in [0.25, 0.3) is 0 Å². The third-order valence-electron chi connectivity index (χ3n) is 2.64. The fourth-order valence-corrected chi connectivity index (χ4v) is 1.69. The van der Waals surface area contributed by atoms with Crippen LogP contribution in [0.4, 0.5) is 14.5 Å².